The fourth-order valence-corrected chi connectivity index (χ4v) is 2.31. The molecule has 2 aromatic carbocycles. The average Bonchev–Trinajstić information content (AvgIpc) is 2.49. The van der Waals surface area contributed by atoms with Crippen LogP contribution in [0.3, 0.4) is 0 Å². The monoisotopic (exact) mass is 375 g/mol. The number of hydrogen-bond donors (Lipinski definition) is 0. The topological polar surface area (TPSA) is 69.4 Å². The third-order valence-corrected chi connectivity index (χ3v) is 3.57. The Morgan fingerprint density at radius 1 is 1.26 bits per heavy atom. The third kappa shape index (κ3) is 4.50. The summed E-state index contributed by atoms with van der Waals surface area (Å²) in [4.78, 5) is 22.5. The maximum absolute atomic E-state index is 12.2. The largest absolute Gasteiger partial charge is 0.422 e. The molecule has 0 N–H and O–H groups in total. The van der Waals surface area contributed by atoms with Gasteiger partial charge in [-0.1, -0.05) is 33.6 Å². The Morgan fingerprint density at radius 2 is 2.00 bits per heavy atom. The Hall–Kier alpha value is -2.47. The molecule has 0 aliphatic rings. The van der Waals surface area contributed by atoms with Crippen LogP contribution < -0.4 is 4.74 Å². The van der Waals surface area contributed by atoms with Crippen LogP contribution in [0.2, 0.25) is 0 Å². The Morgan fingerprint density at radius 3 is 2.65 bits per heavy atom. The second kappa shape index (κ2) is 7.19. The molecule has 0 aliphatic carbocycles. The number of halogens is 1. The predicted octanol–water partition coefficient (Wildman–Crippen LogP) is 4.61. The zero-order valence-electron chi connectivity index (χ0n) is 12.6. The summed E-state index contributed by atoms with van der Waals surface area (Å²) in [6, 6.07) is 12.0. The minimum atomic E-state index is -0.510. The second-order valence-corrected chi connectivity index (χ2v) is 5.90. The van der Waals surface area contributed by atoms with E-state index in [0.29, 0.717) is 11.1 Å². The van der Waals surface area contributed by atoms with E-state index >= 15 is 0 Å². The van der Waals surface area contributed by atoms with E-state index in [1.165, 1.54) is 13.0 Å². The third-order valence-electron chi connectivity index (χ3n) is 3.08. The van der Waals surface area contributed by atoms with Gasteiger partial charge in [-0.3, -0.25) is 10.1 Å². The highest BCUT2D eigenvalue weighted by molar-refractivity contribution is 9.10. The maximum atomic E-state index is 12.2. The predicted molar refractivity (Wildman–Crippen MR) is 90.9 cm³/mol. The van der Waals surface area contributed by atoms with Gasteiger partial charge < -0.3 is 4.74 Å². The van der Waals surface area contributed by atoms with Crippen LogP contribution in [-0.4, -0.2) is 10.9 Å². The molecule has 0 atom stereocenters. The van der Waals surface area contributed by atoms with E-state index < -0.39 is 10.9 Å². The second-order valence-electron chi connectivity index (χ2n) is 4.98. The van der Waals surface area contributed by atoms with Crippen molar-refractivity contribution in [2.24, 2.45) is 0 Å². The molecule has 23 heavy (non-hydrogen) atoms. The van der Waals surface area contributed by atoms with Crippen molar-refractivity contribution in [3.05, 3.63) is 79.4 Å². The number of nitrogens with zero attached hydrogens (tertiary/aromatic N) is 1. The van der Waals surface area contributed by atoms with Crippen molar-refractivity contribution in [3.63, 3.8) is 0 Å². The average molecular weight is 376 g/mol. The van der Waals surface area contributed by atoms with Gasteiger partial charge in [-0.15, -0.1) is 0 Å². The molecule has 0 saturated carbocycles. The van der Waals surface area contributed by atoms with E-state index in [1.54, 1.807) is 36.4 Å². The number of aryl methyl sites for hydroxylation is 1. The Kier molecular flexibility index (Phi) is 5.28. The highest BCUT2D eigenvalue weighted by atomic mass is 79.9. The van der Waals surface area contributed by atoms with Crippen LogP contribution in [0.1, 0.15) is 28.4 Å². The number of benzene rings is 2. The van der Waals surface area contributed by atoms with Crippen molar-refractivity contribution in [2.45, 2.75) is 13.8 Å². The number of hydrogen-bond acceptors (Lipinski definition) is 4. The summed E-state index contributed by atoms with van der Waals surface area (Å²) in [6.45, 7) is 3.26. The molecule has 0 amide bonds. The normalized spacial score (nSPS) is 11.2. The van der Waals surface area contributed by atoms with Crippen molar-refractivity contribution in [1.82, 2.24) is 0 Å². The Bertz CT molecular complexity index is 799. The van der Waals surface area contributed by atoms with Crippen molar-refractivity contribution in [3.8, 4) is 5.75 Å². The summed E-state index contributed by atoms with van der Waals surface area (Å²) >= 11 is 3.30. The lowest BCUT2D eigenvalue weighted by molar-refractivity contribution is -0.422. The fraction of sp³-hybridized carbons (Fsp3) is 0.118. The van der Waals surface area contributed by atoms with E-state index in [-0.39, 0.29) is 11.4 Å². The molecule has 0 unspecified atom stereocenters. The summed E-state index contributed by atoms with van der Waals surface area (Å²) in [6.07, 6.45) is 1.36. The van der Waals surface area contributed by atoms with Gasteiger partial charge in [0.25, 0.3) is 0 Å². The first-order chi connectivity index (χ1) is 10.9. The molecule has 0 aromatic heterocycles. The van der Waals surface area contributed by atoms with Crippen molar-refractivity contribution >= 4 is 28.0 Å². The SMILES string of the molecule is C/C(=C\c1cc(Br)ccc1OC(=O)c1cccc(C)c1)[N+](=O)[O-]. The number of nitro groups is 1. The Balaban J connectivity index is 2.34. The highest BCUT2D eigenvalue weighted by Gasteiger charge is 2.13. The van der Waals surface area contributed by atoms with Crippen molar-refractivity contribution in [2.75, 3.05) is 0 Å². The molecule has 2 aromatic rings. The van der Waals surface area contributed by atoms with Gasteiger partial charge in [0.15, 0.2) is 0 Å². The van der Waals surface area contributed by atoms with Gasteiger partial charge in [0, 0.05) is 23.0 Å². The number of rotatable bonds is 4. The summed E-state index contributed by atoms with van der Waals surface area (Å²) in [5.74, 6) is -0.245. The molecule has 0 heterocycles. The quantitative estimate of drug-likeness (QED) is 0.338. The maximum Gasteiger partial charge on any atom is 0.343 e. The lowest BCUT2D eigenvalue weighted by atomic mass is 10.1. The molecule has 0 spiro atoms. The van der Waals surface area contributed by atoms with Crippen LogP contribution >= 0.6 is 15.9 Å². The van der Waals surface area contributed by atoms with Gasteiger partial charge in [0.05, 0.1) is 10.5 Å². The van der Waals surface area contributed by atoms with Crippen LogP contribution in [0.15, 0.2) is 52.6 Å². The lowest BCUT2D eigenvalue weighted by Gasteiger charge is -2.08. The van der Waals surface area contributed by atoms with E-state index in [0.717, 1.165) is 10.0 Å². The number of esters is 1. The van der Waals surface area contributed by atoms with Gasteiger partial charge >= 0.3 is 5.97 Å². The van der Waals surface area contributed by atoms with Crippen LogP contribution in [-0.2, 0) is 0 Å². The zero-order chi connectivity index (χ0) is 17.0. The molecule has 0 saturated heterocycles. The van der Waals surface area contributed by atoms with E-state index in [2.05, 4.69) is 15.9 Å². The zero-order valence-corrected chi connectivity index (χ0v) is 14.2. The van der Waals surface area contributed by atoms with Crippen molar-refractivity contribution < 1.29 is 14.5 Å². The Labute approximate surface area is 141 Å². The minimum Gasteiger partial charge on any atom is -0.422 e. The summed E-state index contributed by atoms with van der Waals surface area (Å²) < 4.78 is 6.13. The van der Waals surface area contributed by atoms with Gasteiger partial charge in [-0.25, -0.2) is 4.79 Å². The minimum absolute atomic E-state index is 0.0454. The molecular weight excluding hydrogens is 362 g/mol. The summed E-state index contributed by atoms with van der Waals surface area (Å²) in [5.41, 5.74) is 1.78. The fourth-order valence-electron chi connectivity index (χ4n) is 1.93. The molecule has 0 bridgehead atoms. The van der Waals surface area contributed by atoms with Gasteiger partial charge in [0.1, 0.15) is 5.75 Å². The lowest BCUT2D eigenvalue weighted by Crippen LogP contribution is -2.09. The van der Waals surface area contributed by atoms with E-state index in [9.17, 15) is 14.9 Å². The standard InChI is InChI=1S/C17H14BrNO4/c1-11-4-3-5-13(8-11)17(20)23-16-7-6-15(18)10-14(16)9-12(2)19(21)22/h3-10H,1-2H3/b12-9+. The van der Waals surface area contributed by atoms with Gasteiger partial charge in [0.2, 0.25) is 5.70 Å². The molecule has 6 heteroatoms. The van der Waals surface area contributed by atoms with E-state index in [1.807, 2.05) is 13.0 Å². The summed E-state index contributed by atoms with van der Waals surface area (Å²) in [7, 11) is 0. The molecule has 0 radical (unpaired) electrons. The van der Waals surface area contributed by atoms with Crippen LogP contribution in [0.5, 0.6) is 5.75 Å². The number of ether oxygens (including phenoxy) is 1. The first-order valence-electron chi connectivity index (χ1n) is 6.78. The van der Waals surface area contributed by atoms with Crippen LogP contribution in [0.4, 0.5) is 0 Å². The van der Waals surface area contributed by atoms with E-state index in [4.69, 9.17) is 4.74 Å². The van der Waals surface area contributed by atoms with Crippen molar-refractivity contribution in [1.29, 1.82) is 0 Å². The van der Waals surface area contributed by atoms with Crippen LogP contribution in [0, 0.1) is 17.0 Å². The molecular formula is C17H14BrNO4. The van der Waals surface area contributed by atoms with Crippen LogP contribution in [0.25, 0.3) is 6.08 Å². The van der Waals surface area contributed by atoms with Gasteiger partial charge in [-0.2, -0.15) is 0 Å². The first-order valence-corrected chi connectivity index (χ1v) is 7.57. The first kappa shape index (κ1) is 16.9. The molecule has 2 rings (SSSR count). The number of carbonyl (C=O) groups excluding carboxylic acids is 1. The molecule has 5 nitrogen and oxygen atoms in total. The van der Waals surface area contributed by atoms with Gasteiger partial charge in [-0.05, 0) is 37.3 Å². The molecule has 0 fully saturated rings. The summed E-state index contributed by atoms with van der Waals surface area (Å²) in [5, 5.41) is 10.8. The highest BCUT2D eigenvalue weighted by Crippen LogP contribution is 2.26. The molecule has 118 valence electrons. The number of allylic oxidation sites excluding steroid dienone is 1. The molecule has 0 aliphatic heterocycles. The number of carbonyl (C=O) groups is 1. The smallest absolute Gasteiger partial charge is 0.343 e.